The van der Waals surface area contributed by atoms with Gasteiger partial charge in [0.2, 0.25) is 5.91 Å². The molecule has 0 fully saturated rings. The summed E-state index contributed by atoms with van der Waals surface area (Å²) in [5.41, 5.74) is 6.25. The second-order valence-corrected chi connectivity index (χ2v) is 5.65. The molecule has 6 heteroatoms. The molecule has 0 spiro atoms. The van der Waals surface area contributed by atoms with Gasteiger partial charge in [0.05, 0.1) is 11.5 Å². The molecule has 21 heavy (non-hydrogen) atoms. The first kappa shape index (κ1) is 18.1. The lowest BCUT2D eigenvalue weighted by molar-refractivity contribution is -0.131. The molecule has 2 rings (SSSR count). The number of hydrogen-bond donors (Lipinski definition) is 2. The first-order valence-corrected chi connectivity index (χ1v) is 7.37. The van der Waals surface area contributed by atoms with Gasteiger partial charge in [-0.3, -0.25) is 4.79 Å². The van der Waals surface area contributed by atoms with Crippen LogP contribution in [0.1, 0.15) is 38.3 Å². The summed E-state index contributed by atoms with van der Waals surface area (Å²) in [6.45, 7) is 4.77. The van der Waals surface area contributed by atoms with E-state index in [-0.39, 0.29) is 24.4 Å². The van der Waals surface area contributed by atoms with Crippen LogP contribution in [0.3, 0.4) is 0 Å². The molecule has 0 saturated heterocycles. The molecular weight excluding hydrogens is 311 g/mol. The van der Waals surface area contributed by atoms with E-state index in [2.05, 4.69) is 5.32 Å². The Hall–Kier alpha value is -0.970. The van der Waals surface area contributed by atoms with Crippen LogP contribution in [-0.4, -0.2) is 19.1 Å². The standard InChI is InChI=1S/C15H21ClN2O2.ClH/c1-3-15(4-2,9-17)14(19)18-12-8-20-13-6-5-10(16)7-11(12)13;/h5-7,12H,3-4,8-9,17H2,1-2H3,(H,18,19);1H. The molecular formula is C15H22Cl2N2O2. The third-order valence-corrected chi connectivity index (χ3v) is 4.52. The number of amides is 1. The minimum Gasteiger partial charge on any atom is -0.491 e. The number of halogens is 2. The molecule has 1 unspecified atom stereocenters. The molecule has 4 nitrogen and oxygen atoms in total. The summed E-state index contributed by atoms with van der Waals surface area (Å²) < 4.78 is 5.58. The van der Waals surface area contributed by atoms with E-state index in [1.807, 2.05) is 26.0 Å². The molecule has 0 aliphatic carbocycles. The van der Waals surface area contributed by atoms with Gasteiger partial charge >= 0.3 is 0 Å². The van der Waals surface area contributed by atoms with Crippen molar-refractivity contribution in [3.8, 4) is 5.75 Å². The summed E-state index contributed by atoms with van der Waals surface area (Å²) in [4.78, 5) is 12.5. The lowest BCUT2D eigenvalue weighted by Crippen LogP contribution is -2.46. The third kappa shape index (κ3) is 3.44. The Morgan fingerprint density at radius 3 is 2.71 bits per heavy atom. The van der Waals surface area contributed by atoms with Crippen LogP contribution < -0.4 is 15.8 Å². The summed E-state index contributed by atoms with van der Waals surface area (Å²) in [6.07, 6.45) is 1.45. The van der Waals surface area contributed by atoms with E-state index in [9.17, 15) is 4.79 Å². The Morgan fingerprint density at radius 1 is 1.48 bits per heavy atom. The Bertz CT molecular complexity index is 496. The number of rotatable bonds is 5. The molecule has 1 aliphatic heterocycles. The molecule has 0 aromatic heterocycles. The topological polar surface area (TPSA) is 64.4 Å². The molecule has 1 amide bonds. The third-order valence-electron chi connectivity index (χ3n) is 4.28. The highest BCUT2D eigenvalue weighted by Crippen LogP contribution is 2.35. The van der Waals surface area contributed by atoms with Gasteiger partial charge in [-0.2, -0.15) is 0 Å². The van der Waals surface area contributed by atoms with Crippen LogP contribution in [0.2, 0.25) is 5.02 Å². The van der Waals surface area contributed by atoms with E-state index in [1.165, 1.54) is 0 Å². The number of nitrogens with two attached hydrogens (primary N) is 1. The summed E-state index contributed by atoms with van der Waals surface area (Å²) >= 11 is 6.01. The van der Waals surface area contributed by atoms with Gasteiger partial charge in [0, 0.05) is 17.1 Å². The van der Waals surface area contributed by atoms with Crippen molar-refractivity contribution in [2.45, 2.75) is 32.7 Å². The van der Waals surface area contributed by atoms with Crippen LogP contribution in [0.4, 0.5) is 0 Å². The zero-order chi connectivity index (χ0) is 14.8. The van der Waals surface area contributed by atoms with Gasteiger partial charge in [-0.1, -0.05) is 25.4 Å². The second kappa shape index (κ2) is 7.34. The highest BCUT2D eigenvalue weighted by Gasteiger charge is 2.36. The second-order valence-electron chi connectivity index (χ2n) is 5.21. The maximum Gasteiger partial charge on any atom is 0.228 e. The zero-order valence-electron chi connectivity index (χ0n) is 12.3. The first-order valence-electron chi connectivity index (χ1n) is 6.99. The summed E-state index contributed by atoms with van der Waals surface area (Å²) in [5.74, 6) is 0.775. The summed E-state index contributed by atoms with van der Waals surface area (Å²) in [6, 6.07) is 5.31. The van der Waals surface area contributed by atoms with E-state index >= 15 is 0 Å². The molecule has 1 aliphatic rings. The van der Waals surface area contributed by atoms with Crippen molar-refractivity contribution in [1.82, 2.24) is 5.32 Å². The fourth-order valence-corrected chi connectivity index (χ4v) is 2.75. The van der Waals surface area contributed by atoms with Gasteiger partial charge in [-0.05, 0) is 31.0 Å². The van der Waals surface area contributed by atoms with E-state index in [4.69, 9.17) is 22.1 Å². The summed E-state index contributed by atoms with van der Waals surface area (Å²) in [7, 11) is 0. The lowest BCUT2D eigenvalue weighted by atomic mass is 9.81. The summed E-state index contributed by atoms with van der Waals surface area (Å²) in [5, 5.41) is 3.70. The predicted molar refractivity (Wildman–Crippen MR) is 87.1 cm³/mol. The van der Waals surface area contributed by atoms with Gasteiger partial charge in [-0.15, -0.1) is 12.4 Å². The molecule has 1 atom stereocenters. The van der Waals surface area contributed by atoms with Crippen LogP contribution in [0.5, 0.6) is 5.75 Å². The maximum absolute atomic E-state index is 12.5. The van der Waals surface area contributed by atoms with Crippen LogP contribution in [0.25, 0.3) is 0 Å². The van der Waals surface area contributed by atoms with Gasteiger partial charge in [0.15, 0.2) is 0 Å². The van der Waals surface area contributed by atoms with Crippen LogP contribution in [0.15, 0.2) is 18.2 Å². The SMILES string of the molecule is CCC(CC)(CN)C(=O)NC1COc2ccc(Cl)cc21.Cl. The Kier molecular flexibility index (Phi) is 6.32. The van der Waals surface area contributed by atoms with Crippen LogP contribution in [0, 0.1) is 5.41 Å². The van der Waals surface area contributed by atoms with Crippen molar-refractivity contribution in [2.24, 2.45) is 11.1 Å². The lowest BCUT2D eigenvalue weighted by Gasteiger charge is -2.30. The molecule has 1 aromatic rings. The molecule has 118 valence electrons. The smallest absolute Gasteiger partial charge is 0.228 e. The number of carbonyl (C=O) groups is 1. The van der Waals surface area contributed by atoms with Crippen molar-refractivity contribution in [1.29, 1.82) is 0 Å². The number of hydrogen-bond acceptors (Lipinski definition) is 3. The monoisotopic (exact) mass is 332 g/mol. The maximum atomic E-state index is 12.5. The quantitative estimate of drug-likeness (QED) is 0.870. The number of benzene rings is 1. The molecule has 0 radical (unpaired) electrons. The van der Waals surface area contributed by atoms with Gasteiger partial charge in [-0.25, -0.2) is 0 Å². The van der Waals surface area contributed by atoms with E-state index in [0.717, 1.165) is 24.2 Å². The average molecular weight is 333 g/mol. The van der Waals surface area contributed by atoms with Crippen molar-refractivity contribution in [3.63, 3.8) is 0 Å². The highest BCUT2D eigenvalue weighted by atomic mass is 35.5. The Labute approximate surface area is 136 Å². The molecule has 0 saturated carbocycles. The van der Waals surface area contributed by atoms with Crippen LogP contribution >= 0.6 is 24.0 Å². The van der Waals surface area contributed by atoms with E-state index < -0.39 is 5.41 Å². The van der Waals surface area contributed by atoms with Gasteiger partial charge in [0.1, 0.15) is 12.4 Å². The minimum absolute atomic E-state index is 0. The van der Waals surface area contributed by atoms with Crippen LogP contribution in [-0.2, 0) is 4.79 Å². The minimum atomic E-state index is -0.499. The first-order chi connectivity index (χ1) is 9.56. The number of fused-ring (bicyclic) bond motifs is 1. The van der Waals surface area contributed by atoms with Crippen molar-refractivity contribution >= 4 is 29.9 Å². The predicted octanol–water partition coefficient (Wildman–Crippen LogP) is 3.08. The Morgan fingerprint density at radius 2 is 2.14 bits per heavy atom. The van der Waals surface area contributed by atoms with Crippen molar-refractivity contribution < 1.29 is 9.53 Å². The van der Waals surface area contributed by atoms with Crippen molar-refractivity contribution in [2.75, 3.05) is 13.2 Å². The molecule has 1 aromatic carbocycles. The molecule has 1 heterocycles. The van der Waals surface area contributed by atoms with E-state index in [1.54, 1.807) is 6.07 Å². The molecule has 0 bridgehead atoms. The van der Waals surface area contributed by atoms with Crippen molar-refractivity contribution in [3.05, 3.63) is 28.8 Å². The fourth-order valence-electron chi connectivity index (χ4n) is 2.57. The molecule has 3 N–H and O–H groups in total. The number of carbonyl (C=O) groups excluding carboxylic acids is 1. The van der Waals surface area contributed by atoms with Gasteiger partial charge < -0.3 is 15.8 Å². The number of ether oxygens (including phenoxy) is 1. The fraction of sp³-hybridized carbons (Fsp3) is 0.533. The Balaban J connectivity index is 0.00000220. The van der Waals surface area contributed by atoms with Gasteiger partial charge in [0.25, 0.3) is 0 Å². The zero-order valence-corrected chi connectivity index (χ0v) is 13.9. The van der Waals surface area contributed by atoms with E-state index in [0.29, 0.717) is 18.2 Å². The average Bonchev–Trinajstić information content (AvgIpc) is 2.84. The largest absolute Gasteiger partial charge is 0.491 e. The normalized spacial score (nSPS) is 16.7. The number of nitrogens with one attached hydrogen (secondary N) is 1. The highest BCUT2D eigenvalue weighted by molar-refractivity contribution is 6.30.